The van der Waals surface area contributed by atoms with E-state index in [2.05, 4.69) is 87.9 Å². The number of aryl methyl sites for hydroxylation is 1. The fourth-order valence-electron chi connectivity index (χ4n) is 5.08. The molecule has 1 aliphatic heterocycles. The highest BCUT2D eigenvalue weighted by Crippen LogP contribution is 2.47. The van der Waals surface area contributed by atoms with Gasteiger partial charge in [0, 0.05) is 33.3 Å². The van der Waals surface area contributed by atoms with Gasteiger partial charge in [0.25, 0.3) is 0 Å². The molecule has 4 nitrogen and oxygen atoms in total. The number of nitrogens with zero attached hydrogens (tertiary/aromatic N) is 1. The Hall–Kier alpha value is -3.31. The van der Waals surface area contributed by atoms with Crippen LogP contribution in [0.3, 0.4) is 0 Å². The van der Waals surface area contributed by atoms with E-state index in [1.807, 2.05) is 11.3 Å². The van der Waals surface area contributed by atoms with E-state index in [9.17, 15) is 0 Å². The van der Waals surface area contributed by atoms with Crippen molar-refractivity contribution in [1.82, 2.24) is 15.3 Å². The number of hydrogen-bond donors (Lipinski definition) is 2. The second kappa shape index (κ2) is 8.67. The first-order valence-electron chi connectivity index (χ1n) is 12.9. The van der Waals surface area contributed by atoms with Gasteiger partial charge in [0.05, 0.1) is 16.1 Å². The van der Waals surface area contributed by atoms with Crippen LogP contribution >= 0.6 is 11.3 Å². The lowest BCUT2D eigenvalue weighted by Gasteiger charge is -2.25. The van der Waals surface area contributed by atoms with Gasteiger partial charge in [-0.3, -0.25) is 0 Å². The first kappa shape index (κ1) is 23.1. The molecule has 2 aliphatic rings. The molecule has 3 heterocycles. The van der Waals surface area contributed by atoms with E-state index in [0.29, 0.717) is 18.4 Å². The third-order valence-electron chi connectivity index (χ3n) is 7.44. The van der Waals surface area contributed by atoms with Gasteiger partial charge in [-0.05, 0) is 66.0 Å². The Morgan fingerprint density at radius 2 is 1.89 bits per heavy atom. The molecule has 0 bridgehead atoms. The van der Waals surface area contributed by atoms with E-state index in [-0.39, 0.29) is 0 Å². The van der Waals surface area contributed by atoms with Crippen molar-refractivity contribution in [3.63, 3.8) is 0 Å². The van der Waals surface area contributed by atoms with Gasteiger partial charge >= 0.3 is 0 Å². The fraction of sp³-hybridized carbons (Fsp3) is 0.323. The van der Waals surface area contributed by atoms with Crippen molar-refractivity contribution in [3.05, 3.63) is 76.9 Å². The number of aromatic amines is 1. The fourth-order valence-corrected chi connectivity index (χ4v) is 6.23. The van der Waals surface area contributed by atoms with Gasteiger partial charge in [-0.15, -0.1) is 11.3 Å². The van der Waals surface area contributed by atoms with Gasteiger partial charge in [0.1, 0.15) is 18.2 Å². The van der Waals surface area contributed by atoms with Crippen LogP contribution in [-0.4, -0.2) is 9.97 Å². The molecule has 0 fully saturated rings. The first-order chi connectivity index (χ1) is 17.3. The van der Waals surface area contributed by atoms with E-state index in [1.54, 1.807) is 0 Å². The van der Waals surface area contributed by atoms with Crippen LogP contribution in [0.4, 0.5) is 0 Å². The number of allylic oxidation sites excluding steroid dienone is 2. The maximum atomic E-state index is 6.29. The van der Waals surface area contributed by atoms with Crippen LogP contribution in [0.5, 0.6) is 5.75 Å². The number of hydrogen-bond acceptors (Lipinski definition) is 4. The first-order valence-corrected chi connectivity index (χ1v) is 13.7. The molecule has 0 amide bonds. The van der Waals surface area contributed by atoms with E-state index < -0.39 is 0 Å². The molecule has 1 aliphatic carbocycles. The Bertz CT molecular complexity index is 1550. The SMILES string of the molecule is C=C(NC1=C(C)CCc2cc(-c3cc4ccc5c(c4s3)OCc3[nH]c(C(C)C)nc3-5)ccc21)C(C)C. The summed E-state index contributed by atoms with van der Waals surface area (Å²) in [5.74, 6) is 2.75. The van der Waals surface area contributed by atoms with Crippen molar-refractivity contribution in [2.75, 3.05) is 0 Å². The summed E-state index contributed by atoms with van der Waals surface area (Å²) in [5, 5.41) is 4.84. The third-order valence-corrected chi connectivity index (χ3v) is 8.64. The van der Waals surface area contributed by atoms with Crippen molar-refractivity contribution >= 4 is 27.1 Å². The number of H-pyrrole nitrogens is 1. The molecule has 0 saturated heterocycles. The number of fused-ring (bicyclic) bond motifs is 6. The van der Waals surface area contributed by atoms with E-state index in [0.717, 1.165) is 47.1 Å². The van der Waals surface area contributed by atoms with Gasteiger partial charge < -0.3 is 15.0 Å². The van der Waals surface area contributed by atoms with Gasteiger partial charge in [-0.2, -0.15) is 0 Å². The molecule has 0 saturated carbocycles. The van der Waals surface area contributed by atoms with Crippen LogP contribution in [0.2, 0.25) is 0 Å². The Morgan fingerprint density at radius 3 is 2.67 bits per heavy atom. The Balaban J connectivity index is 1.38. The zero-order valence-electron chi connectivity index (χ0n) is 21.7. The minimum atomic E-state index is 0.359. The van der Waals surface area contributed by atoms with E-state index >= 15 is 0 Å². The number of thiophene rings is 1. The van der Waals surface area contributed by atoms with Gasteiger partial charge in [0.2, 0.25) is 0 Å². The molecule has 6 rings (SSSR count). The summed E-state index contributed by atoms with van der Waals surface area (Å²) in [4.78, 5) is 9.64. The summed E-state index contributed by atoms with van der Waals surface area (Å²) in [6.07, 6.45) is 2.14. The summed E-state index contributed by atoms with van der Waals surface area (Å²) < 4.78 is 7.49. The van der Waals surface area contributed by atoms with Crippen molar-refractivity contribution in [3.8, 4) is 27.4 Å². The Kier molecular flexibility index (Phi) is 5.56. The molecule has 0 radical (unpaired) electrons. The van der Waals surface area contributed by atoms with Crippen LogP contribution in [0.15, 0.2) is 54.2 Å². The zero-order chi connectivity index (χ0) is 25.1. The predicted molar refractivity (Wildman–Crippen MR) is 151 cm³/mol. The van der Waals surface area contributed by atoms with E-state index in [4.69, 9.17) is 9.72 Å². The molecule has 0 unspecified atom stereocenters. The lowest BCUT2D eigenvalue weighted by molar-refractivity contribution is 0.302. The molecule has 36 heavy (non-hydrogen) atoms. The number of ether oxygens (including phenoxy) is 1. The highest BCUT2D eigenvalue weighted by Gasteiger charge is 2.25. The van der Waals surface area contributed by atoms with E-state index in [1.165, 1.54) is 42.9 Å². The van der Waals surface area contributed by atoms with Crippen LogP contribution in [0.1, 0.15) is 69.6 Å². The topological polar surface area (TPSA) is 49.9 Å². The molecule has 184 valence electrons. The van der Waals surface area contributed by atoms with Crippen molar-refractivity contribution in [1.29, 1.82) is 0 Å². The van der Waals surface area contributed by atoms with Crippen molar-refractivity contribution in [2.24, 2.45) is 5.92 Å². The van der Waals surface area contributed by atoms with Crippen LogP contribution in [0.25, 0.3) is 37.5 Å². The molecule has 2 N–H and O–H groups in total. The van der Waals surface area contributed by atoms with Gasteiger partial charge in [0.15, 0.2) is 0 Å². The summed E-state index contributed by atoms with van der Waals surface area (Å²) in [5.41, 5.74) is 10.9. The number of aromatic nitrogens is 2. The maximum absolute atomic E-state index is 6.29. The standard InChI is InChI=1S/C31H33N3OS/c1-16(2)19(6)32-27-18(5)7-8-20-13-21(9-11-23(20)27)26-14-22-10-12-24-28-25(33-31(34-28)17(3)4)15-35-29(24)30(22)36-26/h9-14,16-17,32H,6-8,15H2,1-5H3,(H,33,34). The molecule has 5 heteroatoms. The molecular formula is C31H33N3OS. The van der Waals surface area contributed by atoms with Crippen LogP contribution in [-0.2, 0) is 13.0 Å². The highest BCUT2D eigenvalue weighted by molar-refractivity contribution is 7.22. The average molecular weight is 496 g/mol. The van der Waals surface area contributed by atoms with Gasteiger partial charge in [-0.1, -0.05) is 52.5 Å². The molecule has 0 atom stereocenters. The molecule has 4 aromatic rings. The summed E-state index contributed by atoms with van der Waals surface area (Å²) in [6.45, 7) is 15.7. The lowest BCUT2D eigenvalue weighted by Crippen LogP contribution is -2.19. The minimum absolute atomic E-state index is 0.359. The zero-order valence-corrected chi connectivity index (χ0v) is 22.5. The van der Waals surface area contributed by atoms with Crippen molar-refractivity contribution in [2.45, 2.75) is 60.0 Å². The average Bonchev–Trinajstić information content (AvgIpc) is 3.50. The Morgan fingerprint density at radius 1 is 1.08 bits per heavy atom. The smallest absolute Gasteiger partial charge is 0.147 e. The minimum Gasteiger partial charge on any atom is -0.485 e. The molecular weight excluding hydrogens is 462 g/mol. The second-order valence-corrected chi connectivity index (χ2v) is 11.7. The summed E-state index contributed by atoms with van der Waals surface area (Å²) >= 11 is 1.81. The summed E-state index contributed by atoms with van der Waals surface area (Å²) in [7, 11) is 0. The lowest BCUT2D eigenvalue weighted by atomic mass is 9.88. The molecule has 2 aromatic carbocycles. The maximum Gasteiger partial charge on any atom is 0.147 e. The molecule has 2 aromatic heterocycles. The largest absolute Gasteiger partial charge is 0.485 e. The van der Waals surface area contributed by atoms with Crippen LogP contribution < -0.4 is 10.1 Å². The second-order valence-electron chi connectivity index (χ2n) is 10.7. The molecule has 0 spiro atoms. The van der Waals surface area contributed by atoms with Crippen molar-refractivity contribution < 1.29 is 4.74 Å². The quantitative estimate of drug-likeness (QED) is 0.292. The predicted octanol–water partition coefficient (Wildman–Crippen LogP) is 8.41. The number of nitrogens with one attached hydrogen (secondary N) is 2. The normalized spacial score (nSPS) is 14.6. The number of benzene rings is 2. The monoisotopic (exact) mass is 495 g/mol. The number of imidazole rings is 1. The number of rotatable bonds is 5. The highest BCUT2D eigenvalue weighted by atomic mass is 32.1. The third kappa shape index (κ3) is 3.77. The van der Waals surface area contributed by atoms with Gasteiger partial charge in [-0.25, -0.2) is 4.98 Å². The van der Waals surface area contributed by atoms with Crippen LogP contribution in [0, 0.1) is 5.92 Å². The summed E-state index contributed by atoms with van der Waals surface area (Å²) in [6, 6.07) is 13.6. The Labute approximate surface area is 217 Å².